The second-order valence-electron chi connectivity index (χ2n) is 5.33. The minimum absolute atomic E-state index is 0.160. The summed E-state index contributed by atoms with van der Waals surface area (Å²) >= 11 is 0. The Kier molecular flexibility index (Phi) is 6.33. The molecular formula is C18H20N2O4. The van der Waals surface area contributed by atoms with E-state index in [0.29, 0.717) is 17.7 Å². The SMILES string of the molecule is NC(=O)COc1ccc(C(=O)NC[C@@H](O)Cc2ccccc2)cc1. The first-order chi connectivity index (χ1) is 11.5. The summed E-state index contributed by atoms with van der Waals surface area (Å²) in [5.41, 5.74) is 6.44. The second-order valence-corrected chi connectivity index (χ2v) is 5.33. The maximum Gasteiger partial charge on any atom is 0.255 e. The highest BCUT2D eigenvalue weighted by atomic mass is 16.5. The Bertz CT molecular complexity index is 671. The van der Waals surface area contributed by atoms with E-state index < -0.39 is 12.0 Å². The van der Waals surface area contributed by atoms with Crippen LogP contribution in [0.5, 0.6) is 5.75 Å². The lowest BCUT2D eigenvalue weighted by molar-refractivity contribution is -0.119. The number of amides is 2. The van der Waals surface area contributed by atoms with Crippen LogP contribution in [0.3, 0.4) is 0 Å². The van der Waals surface area contributed by atoms with Gasteiger partial charge in [-0.1, -0.05) is 30.3 Å². The fraction of sp³-hybridized carbons (Fsp3) is 0.222. The largest absolute Gasteiger partial charge is 0.484 e. The Balaban J connectivity index is 1.80. The molecule has 0 heterocycles. The minimum atomic E-state index is -0.658. The summed E-state index contributed by atoms with van der Waals surface area (Å²) in [5, 5.41) is 12.7. The lowest BCUT2D eigenvalue weighted by Gasteiger charge is -2.12. The van der Waals surface area contributed by atoms with Gasteiger partial charge < -0.3 is 20.9 Å². The number of hydrogen-bond donors (Lipinski definition) is 3. The van der Waals surface area contributed by atoms with E-state index in [2.05, 4.69) is 5.32 Å². The predicted octanol–water partition coefficient (Wildman–Crippen LogP) is 0.884. The average Bonchev–Trinajstić information content (AvgIpc) is 2.59. The van der Waals surface area contributed by atoms with Gasteiger partial charge in [-0.15, -0.1) is 0 Å². The summed E-state index contributed by atoms with van der Waals surface area (Å²) in [6.45, 7) is -0.0507. The van der Waals surface area contributed by atoms with E-state index >= 15 is 0 Å². The van der Waals surface area contributed by atoms with Crippen molar-refractivity contribution in [2.45, 2.75) is 12.5 Å². The topological polar surface area (TPSA) is 102 Å². The molecule has 0 unspecified atom stereocenters. The summed E-state index contributed by atoms with van der Waals surface area (Å²) in [6.07, 6.45) is -0.185. The van der Waals surface area contributed by atoms with E-state index in [9.17, 15) is 14.7 Å². The second kappa shape index (κ2) is 8.69. The number of rotatable bonds is 8. The average molecular weight is 328 g/mol. The summed E-state index contributed by atoms with van der Waals surface area (Å²) in [4.78, 5) is 22.7. The van der Waals surface area contributed by atoms with E-state index in [-0.39, 0.29) is 19.1 Å². The molecule has 6 heteroatoms. The Morgan fingerprint density at radius 2 is 1.75 bits per heavy atom. The van der Waals surface area contributed by atoms with Crippen LogP contribution in [0.25, 0.3) is 0 Å². The summed E-state index contributed by atoms with van der Waals surface area (Å²) in [7, 11) is 0. The molecule has 0 spiro atoms. The first-order valence-electron chi connectivity index (χ1n) is 7.56. The van der Waals surface area contributed by atoms with Gasteiger partial charge in [-0.3, -0.25) is 9.59 Å². The quantitative estimate of drug-likeness (QED) is 0.669. The Hall–Kier alpha value is -2.86. The lowest BCUT2D eigenvalue weighted by Crippen LogP contribution is -2.33. The predicted molar refractivity (Wildman–Crippen MR) is 89.6 cm³/mol. The normalized spacial score (nSPS) is 11.5. The van der Waals surface area contributed by atoms with E-state index in [1.54, 1.807) is 24.3 Å². The van der Waals surface area contributed by atoms with Gasteiger partial charge in [0.1, 0.15) is 5.75 Å². The molecule has 0 aliphatic heterocycles. The van der Waals surface area contributed by atoms with Crippen LogP contribution in [0.1, 0.15) is 15.9 Å². The molecule has 2 rings (SSSR count). The number of nitrogens with two attached hydrogens (primary N) is 1. The van der Waals surface area contributed by atoms with Crippen molar-refractivity contribution >= 4 is 11.8 Å². The van der Waals surface area contributed by atoms with Gasteiger partial charge in [0.25, 0.3) is 11.8 Å². The standard InChI is InChI=1S/C18H20N2O4/c19-17(22)12-24-16-8-6-14(7-9-16)18(23)20-11-15(21)10-13-4-2-1-3-5-13/h1-9,15,21H,10-12H2,(H2,19,22)(H,20,23)/t15-/m0/s1. The molecule has 0 radical (unpaired) electrons. The maximum absolute atomic E-state index is 12.0. The van der Waals surface area contributed by atoms with Gasteiger partial charge in [0.05, 0.1) is 6.10 Å². The lowest BCUT2D eigenvalue weighted by atomic mass is 10.1. The molecule has 0 aromatic heterocycles. The molecule has 6 nitrogen and oxygen atoms in total. The van der Waals surface area contributed by atoms with Gasteiger partial charge in [0.15, 0.2) is 6.61 Å². The van der Waals surface area contributed by atoms with E-state index in [1.807, 2.05) is 30.3 Å². The van der Waals surface area contributed by atoms with Crippen LogP contribution in [-0.4, -0.2) is 36.2 Å². The number of ether oxygens (including phenoxy) is 1. The minimum Gasteiger partial charge on any atom is -0.484 e. The number of aliphatic hydroxyl groups excluding tert-OH is 1. The molecule has 2 aromatic carbocycles. The molecule has 0 fully saturated rings. The van der Waals surface area contributed by atoms with Crippen LogP contribution in [0, 0.1) is 0 Å². The number of carbonyl (C=O) groups excluding carboxylic acids is 2. The van der Waals surface area contributed by atoms with Gasteiger partial charge in [-0.2, -0.15) is 0 Å². The maximum atomic E-state index is 12.0. The number of benzene rings is 2. The molecule has 2 aromatic rings. The zero-order valence-corrected chi connectivity index (χ0v) is 13.1. The summed E-state index contributed by atoms with van der Waals surface area (Å²) in [6, 6.07) is 15.9. The third-order valence-corrected chi connectivity index (χ3v) is 3.31. The summed E-state index contributed by atoms with van der Waals surface area (Å²) in [5.74, 6) is -0.401. The van der Waals surface area contributed by atoms with Crippen molar-refractivity contribution in [1.29, 1.82) is 0 Å². The zero-order chi connectivity index (χ0) is 17.4. The smallest absolute Gasteiger partial charge is 0.255 e. The molecule has 0 bridgehead atoms. The number of carbonyl (C=O) groups is 2. The fourth-order valence-corrected chi connectivity index (χ4v) is 2.13. The number of aliphatic hydroxyl groups is 1. The first-order valence-corrected chi connectivity index (χ1v) is 7.56. The molecule has 0 aliphatic carbocycles. The van der Waals surface area contributed by atoms with Gasteiger partial charge in [-0.05, 0) is 29.8 Å². The van der Waals surface area contributed by atoms with Crippen molar-refractivity contribution < 1.29 is 19.4 Å². The van der Waals surface area contributed by atoms with Crippen molar-refractivity contribution in [3.8, 4) is 5.75 Å². The fourth-order valence-electron chi connectivity index (χ4n) is 2.13. The van der Waals surface area contributed by atoms with Crippen molar-refractivity contribution in [2.24, 2.45) is 5.73 Å². The molecule has 0 saturated heterocycles. The number of hydrogen-bond acceptors (Lipinski definition) is 4. The Labute approximate surface area is 140 Å². The highest BCUT2D eigenvalue weighted by Gasteiger charge is 2.10. The first kappa shape index (κ1) is 17.5. The molecule has 1 atom stereocenters. The van der Waals surface area contributed by atoms with Crippen molar-refractivity contribution in [1.82, 2.24) is 5.32 Å². The van der Waals surface area contributed by atoms with Gasteiger partial charge in [-0.25, -0.2) is 0 Å². The van der Waals surface area contributed by atoms with E-state index in [4.69, 9.17) is 10.5 Å². The molecule has 24 heavy (non-hydrogen) atoms. The Morgan fingerprint density at radius 3 is 2.38 bits per heavy atom. The van der Waals surface area contributed by atoms with E-state index in [1.165, 1.54) is 0 Å². The Morgan fingerprint density at radius 1 is 1.08 bits per heavy atom. The molecule has 4 N–H and O–H groups in total. The molecule has 0 saturated carbocycles. The van der Waals surface area contributed by atoms with E-state index in [0.717, 1.165) is 5.56 Å². The van der Waals surface area contributed by atoms with Crippen LogP contribution >= 0.6 is 0 Å². The number of nitrogens with one attached hydrogen (secondary N) is 1. The highest BCUT2D eigenvalue weighted by Crippen LogP contribution is 2.12. The third kappa shape index (κ3) is 5.73. The van der Waals surface area contributed by atoms with Crippen molar-refractivity contribution in [3.05, 3.63) is 65.7 Å². The molecule has 0 aliphatic rings. The van der Waals surface area contributed by atoms with Crippen molar-refractivity contribution in [2.75, 3.05) is 13.2 Å². The molecule has 2 amide bonds. The third-order valence-electron chi connectivity index (χ3n) is 3.31. The van der Waals surface area contributed by atoms with Crippen LogP contribution in [0.2, 0.25) is 0 Å². The monoisotopic (exact) mass is 328 g/mol. The van der Waals surface area contributed by atoms with Crippen LogP contribution in [-0.2, 0) is 11.2 Å². The zero-order valence-electron chi connectivity index (χ0n) is 13.1. The van der Waals surface area contributed by atoms with Crippen molar-refractivity contribution in [3.63, 3.8) is 0 Å². The van der Waals surface area contributed by atoms with Crippen LogP contribution in [0.15, 0.2) is 54.6 Å². The molecular weight excluding hydrogens is 308 g/mol. The van der Waals surface area contributed by atoms with Gasteiger partial charge in [0, 0.05) is 18.5 Å². The van der Waals surface area contributed by atoms with Gasteiger partial charge in [0.2, 0.25) is 0 Å². The molecule has 126 valence electrons. The van der Waals surface area contributed by atoms with Crippen LogP contribution in [0.4, 0.5) is 0 Å². The summed E-state index contributed by atoms with van der Waals surface area (Å²) < 4.78 is 5.12. The van der Waals surface area contributed by atoms with Gasteiger partial charge >= 0.3 is 0 Å². The number of primary amides is 1. The van der Waals surface area contributed by atoms with Crippen LogP contribution < -0.4 is 15.8 Å². The highest BCUT2D eigenvalue weighted by molar-refractivity contribution is 5.94.